The number of nitrogens with one attached hydrogen (secondary N) is 1. The third-order valence-corrected chi connectivity index (χ3v) is 11.2. The van der Waals surface area contributed by atoms with Crippen LogP contribution in [-0.2, 0) is 15.6 Å². The van der Waals surface area contributed by atoms with Crippen molar-refractivity contribution in [3.8, 4) is 11.1 Å². The number of ether oxygens (including phenoxy) is 1. The maximum Gasteiger partial charge on any atom is 0.135 e. The third kappa shape index (κ3) is 3.26. The lowest BCUT2D eigenvalue weighted by atomic mass is 9.70. The Morgan fingerprint density at radius 1 is 0.756 bits per heavy atom. The molecule has 0 fully saturated rings. The fourth-order valence-electron chi connectivity index (χ4n) is 9.24. The summed E-state index contributed by atoms with van der Waals surface area (Å²) >= 11 is 0. The van der Waals surface area contributed by atoms with Gasteiger partial charge in [-0.05, 0) is 93.4 Å². The molecule has 5 aromatic rings. The van der Waals surface area contributed by atoms with Crippen LogP contribution in [0.5, 0.6) is 0 Å². The summed E-state index contributed by atoms with van der Waals surface area (Å²) in [6.45, 7) is 9.50. The van der Waals surface area contributed by atoms with Gasteiger partial charge in [-0.15, -0.1) is 0 Å². The van der Waals surface area contributed by atoms with E-state index in [4.69, 9.17) is 9.15 Å². The van der Waals surface area contributed by atoms with Crippen LogP contribution in [0, 0.1) is 5.92 Å². The summed E-state index contributed by atoms with van der Waals surface area (Å²) < 4.78 is 12.8. The second-order valence-electron chi connectivity index (χ2n) is 14.4. The van der Waals surface area contributed by atoms with Crippen LogP contribution >= 0.6 is 0 Å². The first-order valence-corrected chi connectivity index (χ1v) is 16.3. The molecule has 2 unspecified atom stereocenters. The lowest BCUT2D eigenvalue weighted by Gasteiger charge is -2.33. The van der Waals surface area contributed by atoms with Gasteiger partial charge in [0.05, 0.1) is 5.92 Å². The normalized spacial score (nSPS) is 22.7. The smallest absolute Gasteiger partial charge is 0.135 e. The van der Waals surface area contributed by atoms with Crippen LogP contribution in [0.4, 0.5) is 11.4 Å². The van der Waals surface area contributed by atoms with E-state index in [2.05, 4.69) is 124 Å². The van der Waals surface area contributed by atoms with Crippen molar-refractivity contribution < 1.29 is 9.15 Å². The monoisotopic (exact) mass is 585 g/mol. The van der Waals surface area contributed by atoms with Crippen LogP contribution in [0.25, 0.3) is 38.6 Å². The average Bonchev–Trinajstić information content (AvgIpc) is 3.73. The molecule has 0 saturated heterocycles. The van der Waals surface area contributed by atoms with E-state index in [1.807, 2.05) is 6.07 Å². The van der Waals surface area contributed by atoms with Crippen molar-refractivity contribution in [3.63, 3.8) is 0 Å². The molecule has 1 N–H and O–H groups in total. The molecular weight excluding hydrogens is 550 g/mol. The number of para-hydroxylation sites is 1. The summed E-state index contributed by atoms with van der Waals surface area (Å²) in [6, 6.07) is 26.6. The molecular formula is C42H35NO2. The molecule has 10 rings (SSSR count). The van der Waals surface area contributed by atoms with Gasteiger partial charge in [0.15, 0.2) is 0 Å². The Morgan fingerprint density at radius 2 is 1.51 bits per heavy atom. The molecule has 3 nitrogen and oxygen atoms in total. The summed E-state index contributed by atoms with van der Waals surface area (Å²) in [5.41, 5.74) is 16.3. The predicted molar refractivity (Wildman–Crippen MR) is 184 cm³/mol. The maximum absolute atomic E-state index is 6.48. The molecule has 4 aliphatic carbocycles. The van der Waals surface area contributed by atoms with E-state index in [0.29, 0.717) is 5.92 Å². The SMILES string of the molecule is CC1(C)C2=C(C=CC3OC4=C(C=CCC4)C23)c2ccc(Nc3ccc4c(c3)C(C)(C)c3c-4ccc4oc5ccccc5c34)cc21. The van der Waals surface area contributed by atoms with E-state index >= 15 is 0 Å². The Morgan fingerprint density at radius 3 is 2.36 bits per heavy atom. The molecule has 0 saturated carbocycles. The highest BCUT2D eigenvalue weighted by Gasteiger charge is 2.49. The van der Waals surface area contributed by atoms with Crippen LogP contribution in [-0.4, -0.2) is 6.10 Å². The third-order valence-electron chi connectivity index (χ3n) is 11.2. The van der Waals surface area contributed by atoms with Gasteiger partial charge in [-0.3, -0.25) is 0 Å². The average molecular weight is 586 g/mol. The van der Waals surface area contributed by atoms with Crippen LogP contribution in [0.3, 0.4) is 0 Å². The van der Waals surface area contributed by atoms with E-state index in [1.54, 1.807) is 0 Å². The second-order valence-corrected chi connectivity index (χ2v) is 14.4. The number of hydrogen-bond acceptors (Lipinski definition) is 3. The molecule has 3 heteroatoms. The number of benzene rings is 4. The zero-order valence-electron chi connectivity index (χ0n) is 26.1. The summed E-state index contributed by atoms with van der Waals surface area (Å²) in [5.74, 6) is 1.50. The summed E-state index contributed by atoms with van der Waals surface area (Å²) in [7, 11) is 0. The lowest BCUT2D eigenvalue weighted by Crippen LogP contribution is -2.30. The molecule has 5 aliphatic rings. The molecule has 2 heterocycles. The molecule has 0 amide bonds. The molecule has 45 heavy (non-hydrogen) atoms. The first kappa shape index (κ1) is 25.6. The number of anilines is 2. The van der Waals surface area contributed by atoms with Gasteiger partial charge < -0.3 is 14.5 Å². The highest BCUT2D eigenvalue weighted by Crippen LogP contribution is 2.58. The quantitative estimate of drug-likeness (QED) is 0.224. The predicted octanol–water partition coefficient (Wildman–Crippen LogP) is 10.9. The highest BCUT2D eigenvalue weighted by molar-refractivity contribution is 6.11. The molecule has 0 radical (unpaired) electrons. The molecule has 220 valence electrons. The van der Waals surface area contributed by atoms with Crippen molar-refractivity contribution in [2.45, 2.75) is 57.5 Å². The van der Waals surface area contributed by atoms with Crippen LogP contribution < -0.4 is 5.32 Å². The maximum atomic E-state index is 6.48. The summed E-state index contributed by atoms with van der Waals surface area (Å²) in [4.78, 5) is 0. The Hall–Kier alpha value is -4.76. The van der Waals surface area contributed by atoms with E-state index < -0.39 is 0 Å². The number of rotatable bonds is 2. The van der Waals surface area contributed by atoms with Gasteiger partial charge in [0.2, 0.25) is 0 Å². The Kier molecular flexibility index (Phi) is 4.82. The first-order chi connectivity index (χ1) is 21.8. The Balaban J connectivity index is 1.02. The van der Waals surface area contributed by atoms with Crippen LogP contribution in [0.15, 0.2) is 118 Å². The van der Waals surface area contributed by atoms with Gasteiger partial charge in [-0.25, -0.2) is 0 Å². The van der Waals surface area contributed by atoms with Gasteiger partial charge in [-0.1, -0.05) is 82.3 Å². The minimum atomic E-state index is -0.162. The van der Waals surface area contributed by atoms with Crippen molar-refractivity contribution in [1.29, 1.82) is 0 Å². The van der Waals surface area contributed by atoms with Gasteiger partial charge in [0.25, 0.3) is 0 Å². The van der Waals surface area contributed by atoms with Crippen molar-refractivity contribution in [2.24, 2.45) is 5.92 Å². The standard InChI is InChI=1S/C42H35NO2/c1-41(2)31-21-23(13-15-25(31)27-17-19-35-37(39(27)41)29-9-5-7-11-33(29)44-35)43-24-14-16-26-28-18-20-36-38(30-10-6-8-12-34(30)45-36)40(28)42(3,4)32(26)22-24/h5-7,9-11,13-22,36,38,43H,8,12H2,1-4H3. The minimum absolute atomic E-state index is 0.0898. The van der Waals surface area contributed by atoms with Gasteiger partial charge in [0.1, 0.15) is 23.0 Å². The largest absolute Gasteiger partial charge is 0.489 e. The number of allylic oxidation sites excluding steroid dienone is 5. The zero-order valence-corrected chi connectivity index (χ0v) is 26.1. The molecule has 1 aromatic heterocycles. The van der Waals surface area contributed by atoms with E-state index in [0.717, 1.165) is 35.4 Å². The van der Waals surface area contributed by atoms with Crippen molar-refractivity contribution >= 4 is 38.9 Å². The topological polar surface area (TPSA) is 34.4 Å². The van der Waals surface area contributed by atoms with E-state index in [1.165, 1.54) is 66.6 Å². The fourth-order valence-corrected chi connectivity index (χ4v) is 9.24. The number of furan rings is 1. The molecule has 0 spiro atoms. The van der Waals surface area contributed by atoms with Gasteiger partial charge >= 0.3 is 0 Å². The van der Waals surface area contributed by atoms with Crippen LogP contribution in [0.1, 0.15) is 62.8 Å². The van der Waals surface area contributed by atoms with Crippen LogP contribution in [0.2, 0.25) is 0 Å². The Labute approximate surface area is 263 Å². The number of fused-ring (bicyclic) bond motifs is 12. The summed E-state index contributed by atoms with van der Waals surface area (Å²) in [6.07, 6.45) is 11.5. The van der Waals surface area contributed by atoms with E-state index in [-0.39, 0.29) is 16.9 Å². The van der Waals surface area contributed by atoms with Crippen molar-refractivity contribution in [1.82, 2.24) is 0 Å². The minimum Gasteiger partial charge on any atom is -0.489 e. The van der Waals surface area contributed by atoms with Gasteiger partial charge in [-0.2, -0.15) is 0 Å². The van der Waals surface area contributed by atoms with Crippen molar-refractivity contribution in [3.05, 3.63) is 136 Å². The van der Waals surface area contributed by atoms with E-state index in [9.17, 15) is 0 Å². The second kappa shape index (κ2) is 8.48. The lowest BCUT2D eigenvalue weighted by molar-refractivity contribution is 0.152. The summed E-state index contributed by atoms with van der Waals surface area (Å²) in [5, 5.41) is 6.24. The molecule has 2 atom stereocenters. The van der Waals surface area contributed by atoms with Crippen molar-refractivity contribution in [2.75, 3.05) is 5.32 Å². The highest BCUT2D eigenvalue weighted by atomic mass is 16.5. The molecule has 4 aromatic carbocycles. The molecule has 0 bridgehead atoms. The fraction of sp³-hybridized carbons (Fsp3) is 0.238. The Bertz CT molecular complexity index is 2280. The van der Waals surface area contributed by atoms with Gasteiger partial charge in [0, 0.05) is 45.0 Å². The first-order valence-electron chi connectivity index (χ1n) is 16.3. The molecule has 1 aliphatic heterocycles. The number of hydrogen-bond donors (Lipinski definition) is 1. The zero-order chi connectivity index (χ0) is 30.2.